The van der Waals surface area contributed by atoms with Crippen molar-refractivity contribution in [1.29, 1.82) is 0 Å². The van der Waals surface area contributed by atoms with Gasteiger partial charge in [-0.25, -0.2) is 9.18 Å². The van der Waals surface area contributed by atoms with Crippen LogP contribution < -0.4 is 0 Å². The zero-order valence-corrected chi connectivity index (χ0v) is 14.8. The molecule has 0 saturated carbocycles. The Hall–Kier alpha value is -2.14. The summed E-state index contributed by atoms with van der Waals surface area (Å²) in [5.74, 6) is -1.60. The van der Waals surface area contributed by atoms with E-state index in [4.69, 9.17) is 16.3 Å². The Labute approximate surface area is 145 Å². The molecule has 0 amide bonds. The smallest absolute Gasteiger partial charge is 0.340 e. The number of aromatic nitrogens is 1. The van der Waals surface area contributed by atoms with Crippen molar-refractivity contribution in [2.45, 2.75) is 33.7 Å². The number of nitrogens with zero attached hydrogens (tertiary/aromatic N) is 1. The molecule has 2 aromatic rings. The van der Waals surface area contributed by atoms with Crippen molar-refractivity contribution in [1.82, 2.24) is 4.57 Å². The molecule has 0 aliphatic heterocycles. The SMILES string of the molecule is Cc1cc(C(=O)COC(=O)c2ccc(F)cc2Cl)c(C)n1C(C)C. The fourth-order valence-electron chi connectivity index (χ4n) is 2.80. The lowest BCUT2D eigenvalue weighted by molar-refractivity contribution is 0.0474. The third-order valence-electron chi connectivity index (χ3n) is 3.79. The molecule has 1 aromatic heterocycles. The third-order valence-corrected chi connectivity index (χ3v) is 4.10. The summed E-state index contributed by atoms with van der Waals surface area (Å²) in [5, 5.41) is -0.0505. The highest BCUT2D eigenvalue weighted by molar-refractivity contribution is 6.33. The second-order valence-electron chi connectivity index (χ2n) is 5.87. The minimum atomic E-state index is -0.758. The molecule has 0 spiro atoms. The maximum atomic E-state index is 13.0. The molecule has 2 rings (SSSR count). The van der Waals surface area contributed by atoms with Crippen molar-refractivity contribution in [3.63, 3.8) is 0 Å². The van der Waals surface area contributed by atoms with E-state index in [-0.39, 0.29) is 22.4 Å². The van der Waals surface area contributed by atoms with Crippen molar-refractivity contribution < 1.29 is 18.7 Å². The van der Waals surface area contributed by atoms with Crippen molar-refractivity contribution in [3.05, 3.63) is 57.6 Å². The number of hydrogen-bond acceptors (Lipinski definition) is 3. The summed E-state index contributed by atoms with van der Waals surface area (Å²) in [6.07, 6.45) is 0. The minimum Gasteiger partial charge on any atom is -0.454 e. The van der Waals surface area contributed by atoms with Gasteiger partial charge in [-0.05, 0) is 52.0 Å². The van der Waals surface area contributed by atoms with Crippen LogP contribution in [0.2, 0.25) is 5.02 Å². The lowest BCUT2D eigenvalue weighted by atomic mass is 10.1. The predicted molar refractivity (Wildman–Crippen MR) is 90.3 cm³/mol. The third kappa shape index (κ3) is 3.67. The molecule has 0 N–H and O–H groups in total. The number of carbonyl (C=O) groups excluding carboxylic acids is 2. The molecule has 0 saturated heterocycles. The molecular formula is C18H19ClFNO3. The summed E-state index contributed by atoms with van der Waals surface area (Å²) < 4.78 is 20.1. The first-order valence-electron chi connectivity index (χ1n) is 7.56. The molecule has 24 heavy (non-hydrogen) atoms. The molecule has 0 fully saturated rings. The van der Waals surface area contributed by atoms with Crippen LogP contribution in [0.3, 0.4) is 0 Å². The number of rotatable bonds is 5. The van der Waals surface area contributed by atoms with Crippen LogP contribution in [0.1, 0.15) is 52.0 Å². The lowest BCUT2D eigenvalue weighted by Crippen LogP contribution is -2.15. The maximum absolute atomic E-state index is 13.0. The molecule has 4 nitrogen and oxygen atoms in total. The zero-order valence-electron chi connectivity index (χ0n) is 14.0. The Morgan fingerprint density at radius 2 is 1.88 bits per heavy atom. The average Bonchev–Trinajstić information content (AvgIpc) is 2.79. The first-order chi connectivity index (χ1) is 11.2. The summed E-state index contributed by atoms with van der Waals surface area (Å²) in [5.41, 5.74) is 2.36. The fourth-order valence-corrected chi connectivity index (χ4v) is 3.04. The van der Waals surface area contributed by atoms with Crippen molar-refractivity contribution in [3.8, 4) is 0 Å². The Kier molecular flexibility index (Phi) is 5.44. The number of hydrogen-bond donors (Lipinski definition) is 0. The van der Waals surface area contributed by atoms with Crippen LogP contribution in [0.25, 0.3) is 0 Å². The molecule has 0 aliphatic carbocycles. The van der Waals surface area contributed by atoms with E-state index in [1.165, 1.54) is 6.07 Å². The topological polar surface area (TPSA) is 48.3 Å². The molecule has 128 valence electrons. The maximum Gasteiger partial charge on any atom is 0.340 e. The second kappa shape index (κ2) is 7.18. The summed E-state index contributed by atoms with van der Waals surface area (Å²) in [7, 11) is 0. The van der Waals surface area contributed by atoms with Crippen LogP contribution in [0.15, 0.2) is 24.3 Å². The summed E-state index contributed by atoms with van der Waals surface area (Å²) in [4.78, 5) is 24.3. The van der Waals surface area contributed by atoms with E-state index >= 15 is 0 Å². The predicted octanol–water partition coefficient (Wildman–Crippen LogP) is 4.52. The molecule has 1 aromatic carbocycles. The van der Waals surface area contributed by atoms with Gasteiger partial charge in [-0.3, -0.25) is 4.79 Å². The van der Waals surface area contributed by atoms with Crippen LogP contribution in [0.4, 0.5) is 4.39 Å². The molecule has 1 heterocycles. The number of ether oxygens (including phenoxy) is 1. The van der Waals surface area contributed by atoms with Crippen molar-refractivity contribution in [2.75, 3.05) is 6.61 Å². The number of ketones is 1. The van der Waals surface area contributed by atoms with Crippen LogP contribution in [0, 0.1) is 19.7 Å². The van der Waals surface area contributed by atoms with E-state index in [0.717, 1.165) is 23.5 Å². The number of esters is 1. The highest BCUT2D eigenvalue weighted by Crippen LogP contribution is 2.21. The first-order valence-corrected chi connectivity index (χ1v) is 7.94. The van der Waals surface area contributed by atoms with Gasteiger partial charge in [-0.15, -0.1) is 0 Å². The van der Waals surface area contributed by atoms with Gasteiger partial charge in [0.15, 0.2) is 6.61 Å². The van der Waals surface area contributed by atoms with E-state index < -0.39 is 18.4 Å². The molecular weight excluding hydrogens is 333 g/mol. The standard InChI is InChI=1S/C18H19ClFNO3/c1-10(2)21-11(3)7-15(12(21)4)17(22)9-24-18(23)14-6-5-13(20)8-16(14)19/h5-8,10H,9H2,1-4H3. The van der Waals surface area contributed by atoms with Crippen molar-refractivity contribution >= 4 is 23.4 Å². The normalized spacial score (nSPS) is 11.0. The van der Waals surface area contributed by atoms with E-state index in [2.05, 4.69) is 0 Å². The number of aryl methyl sites for hydroxylation is 1. The van der Waals surface area contributed by atoms with Gasteiger partial charge in [0, 0.05) is 23.0 Å². The van der Waals surface area contributed by atoms with E-state index in [9.17, 15) is 14.0 Å². The van der Waals surface area contributed by atoms with Crippen molar-refractivity contribution in [2.24, 2.45) is 0 Å². The minimum absolute atomic E-state index is 0.0264. The molecule has 0 aliphatic rings. The largest absolute Gasteiger partial charge is 0.454 e. The van der Waals surface area contributed by atoms with Gasteiger partial charge < -0.3 is 9.30 Å². The second-order valence-corrected chi connectivity index (χ2v) is 6.28. The summed E-state index contributed by atoms with van der Waals surface area (Å²) in [6, 6.07) is 5.38. The van der Waals surface area contributed by atoms with Gasteiger partial charge >= 0.3 is 5.97 Å². The number of halogens is 2. The highest BCUT2D eigenvalue weighted by Gasteiger charge is 2.19. The first kappa shape index (κ1) is 18.2. The Balaban J connectivity index is 2.11. The quantitative estimate of drug-likeness (QED) is 0.588. The van der Waals surface area contributed by atoms with Gasteiger partial charge in [0.05, 0.1) is 10.6 Å². The Morgan fingerprint density at radius 3 is 2.42 bits per heavy atom. The van der Waals surface area contributed by atoms with E-state index in [1.54, 1.807) is 6.07 Å². The van der Waals surface area contributed by atoms with Gasteiger partial charge in [0.25, 0.3) is 0 Å². The molecule has 0 bridgehead atoms. The van der Waals surface area contributed by atoms with E-state index in [0.29, 0.717) is 5.56 Å². The highest BCUT2D eigenvalue weighted by atomic mass is 35.5. The lowest BCUT2D eigenvalue weighted by Gasteiger charge is -2.13. The van der Waals surface area contributed by atoms with Crippen LogP contribution in [0.5, 0.6) is 0 Å². The Bertz CT molecular complexity index is 796. The molecule has 0 radical (unpaired) electrons. The van der Waals surface area contributed by atoms with Gasteiger partial charge in [-0.2, -0.15) is 0 Å². The van der Waals surface area contributed by atoms with Gasteiger partial charge in [0.1, 0.15) is 5.82 Å². The number of benzene rings is 1. The average molecular weight is 352 g/mol. The molecule has 0 unspecified atom stereocenters. The summed E-state index contributed by atoms with van der Waals surface area (Å²) in [6.45, 7) is 7.46. The number of carbonyl (C=O) groups is 2. The van der Waals surface area contributed by atoms with Gasteiger partial charge in [-0.1, -0.05) is 11.6 Å². The van der Waals surface area contributed by atoms with Crippen LogP contribution >= 0.6 is 11.6 Å². The fraction of sp³-hybridized carbons (Fsp3) is 0.333. The van der Waals surface area contributed by atoms with Crippen LogP contribution in [-0.4, -0.2) is 22.9 Å². The van der Waals surface area contributed by atoms with Crippen LogP contribution in [-0.2, 0) is 4.74 Å². The molecule has 0 atom stereocenters. The summed E-state index contributed by atoms with van der Waals surface area (Å²) >= 11 is 5.81. The Morgan fingerprint density at radius 1 is 1.21 bits per heavy atom. The molecule has 6 heteroatoms. The van der Waals surface area contributed by atoms with E-state index in [1.807, 2.05) is 32.3 Å². The number of Topliss-reactive ketones (excluding diaryl/α,β-unsaturated/α-hetero) is 1. The monoisotopic (exact) mass is 351 g/mol. The van der Waals surface area contributed by atoms with Gasteiger partial charge in [0.2, 0.25) is 5.78 Å². The zero-order chi connectivity index (χ0) is 18.0.